The Bertz CT molecular complexity index is 576. The molecule has 0 saturated carbocycles. The van der Waals surface area contributed by atoms with Crippen molar-refractivity contribution in [3.8, 4) is 5.75 Å². The van der Waals surface area contributed by atoms with Crippen LogP contribution < -0.4 is 10.1 Å². The molecule has 2 rings (SSSR count). The smallest absolute Gasteiger partial charge is 0.128 e. The van der Waals surface area contributed by atoms with E-state index in [9.17, 15) is 0 Å². The Kier molecular flexibility index (Phi) is 4.74. The van der Waals surface area contributed by atoms with Gasteiger partial charge in [-0.1, -0.05) is 29.8 Å². The molecule has 0 spiro atoms. The lowest BCUT2D eigenvalue weighted by Crippen LogP contribution is -2.15. The molecule has 3 heteroatoms. The van der Waals surface area contributed by atoms with Crippen molar-refractivity contribution in [2.75, 3.05) is 7.11 Å². The third-order valence-corrected chi connectivity index (χ3v) is 3.49. The van der Waals surface area contributed by atoms with Gasteiger partial charge in [0.15, 0.2) is 0 Å². The van der Waals surface area contributed by atoms with E-state index in [0.29, 0.717) is 0 Å². The van der Waals surface area contributed by atoms with Gasteiger partial charge in [0.2, 0.25) is 0 Å². The molecule has 2 aromatic rings. The van der Waals surface area contributed by atoms with Crippen molar-refractivity contribution >= 4 is 0 Å². The SMILES string of the molecule is COc1c(C)cnc(CNCc2ccc(C)cc2)c1C. The number of pyridine rings is 1. The van der Waals surface area contributed by atoms with Crippen LogP contribution in [-0.4, -0.2) is 12.1 Å². The van der Waals surface area contributed by atoms with Crippen LogP contribution in [0, 0.1) is 20.8 Å². The van der Waals surface area contributed by atoms with Gasteiger partial charge in [-0.2, -0.15) is 0 Å². The van der Waals surface area contributed by atoms with Crippen LogP contribution in [0.15, 0.2) is 30.5 Å². The Balaban J connectivity index is 1.99. The van der Waals surface area contributed by atoms with E-state index in [-0.39, 0.29) is 0 Å². The standard InChI is InChI=1S/C17H22N2O/c1-12-5-7-15(8-6-12)10-18-11-16-14(3)17(20-4)13(2)9-19-16/h5-9,18H,10-11H2,1-4H3. The lowest BCUT2D eigenvalue weighted by Gasteiger charge is -2.12. The maximum Gasteiger partial charge on any atom is 0.128 e. The number of nitrogens with one attached hydrogen (secondary N) is 1. The number of ether oxygens (including phenoxy) is 1. The summed E-state index contributed by atoms with van der Waals surface area (Å²) in [4.78, 5) is 4.49. The van der Waals surface area contributed by atoms with Crippen LogP contribution in [0.5, 0.6) is 5.75 Å². The fourth-order valence-electron chi connectivity index (χ4n) is 2.28. The molecule has 1 N–H and O–H groups in total. The van der Waals surface area contributed by atoms with Gasteiger partial charge in [-0.15, -0.1) is 0 Å². The van der Waals surface area contributed by atoms with Gasteiger partial charge < -0.3 is 10.1 Å². The van der Waals surface area contributed by atoms with Crippen molar-refractivity contribution in [2.45, 2.75) is 33.9 Å². The summed E-state index contributed by atoms with van der Waals surface area (Å²) in [6, 6.07) is 8.57. The number of rotatable bonds is 5. The van der Waals surface area contributed by atoms with E-state index < -0.39 is 0 Å². The van der Waals surface area contributed by atoms with Crippen LogP contribution in [0.2, 0.25) is 0 Å². The largest absolute Gasteiger partial charge is 0.496 e. The predicted octanol–water partition coefficient (Wildman–Crippen LogP) is 3.31. The Labute approximate surface area is 121 Å². The fraction of sp³-hybridized carbons (Fsp3) is 0.353. The maximum atomic E-state index is 5.43. The molecular weight excluding hydrogens is 248 g/mol. The molecule has 1 aromatic carbocycles. The van der Waals surface area contributed by atoms with Gasteiger partial charge in [-0.05, 0) is 26.3 Å². The van der Waals surface area contributed by atoms with Gasteiger partial charge in [0.05, 0.1) is 12.8 Å². The van der Waals surface area contributed by atoms with Gasteiger partial charge in [-0.25, -0.2) is 0 Å². The number of aryl methyl sites for hydroxylation is 2. The number of hydrogen-bond acceptors (Lipinski definition) is 3. The molecule has 0 atom stereocenters. The Hall–Kier alpha value is -1.87. The predicted molar refractivity (Wildman–Crippen MR) is 82.0 cm³/mol. The molecule has 0 aliphatic carbocycles. The van der Waals surface area contributed by atoms with E-state index in [4.69, 9.17) is 4.74 Å². The summed E-state index contributed by atoms with van der Waals surface area (Å²) in [6.45, 7) is 7.76. The summed E-state index contributed by atoms with van der Waals surface area (Å²) in [5.41, 5.74) is 5.80. The minimum atomic E-state index is 0.746. The highest BCUT2D eigenvalue weighted by molar-refractivity contribution is 5.41. The van der Waals surface area contributed by atoms with Gasteiger partial charge in [0.25, 0.3) is 0 Å². The number of benzene rings is 1. The average molecular weight is 270 g/mol. The van der Waals surface area contributed by atoms with Crippen LogP contribution >= 0.6 is 0 Å². The minimum Gasteiger partial charge on any atom is -0.496 e. The number of aromatic nitrogens is 1. The zero-order valence-corrected chi connectivity index (χ0v) is 12.7. The zero-order valence-electron chi connectivity index (χ0n) is 12.7. The van der Waals surface area contributed by atoms with E-state index >= 15 is 0 Å². The maximum absolute atomic E-state index is 5.43. The van der Waals surface area contributed by atoms with E-state index in [1.54, 1.807) is 7.11 Å². The molecule has 20 heavy (non-hydrogen) atoms. The summed E-state index contributed by atoms with van der Waals surface area (Å²) >= 11 is 0. The molecule has 0 bridgehead atoms. The fourth-order valence-corrected chi connectivity index (χ4v) is 2.28. The van der Waals surface area contributed by atoms with Crippen molar-refractivity contribution in [2.24, 2.45) is 0 Å². The second-order valence-corrected chi connectivity index (χ2v) is 5.14. The molecule has 3 nitrogen and oxygen atoms in total. The zero-order chi connectivity index (χ0) is 14.5. The van der Waals surface area contributed by atoms with Crippen molar-refractivity contribution in [1.29, 1.82) is 0 Å². The number of hydrogen-bond donors (Lipinski definition) is 1. The highest BCUT2D eigenvalue weighted by Crippen LogP contribution is 2.23. The van der Waals surface area contributed by atoms with Gasteiger partial charge in [-0.3, -0.25) is 4.98 Å². The van der Waals surface area contributed by atoms with Crippen molar-refractivity contribution in [3.63, 3.8) is 0 Å². The van der Waals surface area contributed by atoms with Crippen LogP contribution in [-0.2, 0) is 13.1 Å². The topological polar surface area (TPSA) is 34.1 Å². The van der Waals surface area contributed by atoms with E-state index in [2.05, 4.69) is 48.4 Å². The third-order valence-electron chi connectivity index (χ3n) is 3.49. The van der Waals surface area contributed by atoms with Gasteiger partial charge in [0.1, 0.15) is 5.75 Å². The minimum absolute atomic E-state index is 0.746. The van der Waals surface area contributed by atoms with E-state index in [0.717, 1.165) is 35.7 Å². The highest BCUT2D eigenvalue weighted by Gasteiger charge is 2.08. The van der Waals surface area contributed by atoms with Crippen molar-refractivity contribution < 1.29 is 4.74 Å². The Morgan fingerprint density at radius 3 is 2.40 bits per heavy atom. The lowest BCUT2D eigenvalue weighted by atomic mass is 10.1. The second kappa shape index (κ2) is 6.53. The number of methoxy groups -OCH3 is 1. The first-order valence-corrected chi connectivity index (χ1v) is 6.87. The molecular formula is C17H22N2O. The second-order valence-electron chi connectivity index (χ2n) is 5.14. The first kappa shape index (κ1) is 14.5. The average Bonchev–Trinajstić information content (AvgIpc) is 2.44. The molecule has 1 aromatic heterocycles. The van der Waals surface area contributed by atoms with Crippen LogP contribution in [0.25, 0.3) is 0 Å². The summed E-state index contributed by atoms with van der Waals surface area (Å²) in [5, 5.41) is 3.43. The van der Waals surface area contributed by atoms with Gasteiger partial charge in [0, 0.05) is 30.4 Å². The van der Waals surface area contributed by atoms with Gasteiger partial charge >= 0.3 is 0 Å². The quantitative estimate of drug-likeness (QED) is 0.905. The molecule has 0 aliphatic rings. The highest BCUT2D eigenvalue weighted by atomic mass is 16.5. The lowest BCUT2D eigenvalue weighted by molar-refractivity contribution is 0.406. The first-order valence-electron chi connectivity index (χ1n) is 6.87. The van der Waals surface area contributed by atoms with Crippen LogP contribution in [0.4, 0.5) is 0 Å². The van der Waals surface area contributed by atoms with Crippen molar-refractivity contribution in [3.05, 3.63) is 58.4 Å². The van der Waals surface area contributed by atoms with Crippen LogP contribution in [0.1, 0.15) is 27.9 Å². The molecule has 106 valence electrons. The molecule has 0 fully saturated rings. The van der Waals surface area contributed by atoms with Crippen LogP contribution in [0.3, 0.4) is 0 Å². The Morgan fingerprint density at radius 1 is 1.05 bits per heavy atom. The summed E-state index contributed by atoms with van der Waals surface area (Å²) in [6.07, 6.45) is 1.87. The third kappa shape index (κ3) is 3.36. The molecule has 0 amide bonds. The normalized spacial score (nSPS) is 10.6. The summed E-state index contributed by atoms with van der Waals surface area (Å²) in [5.74, 6) is 0.937. The molecule has 0 radical (unpaired) electrons. The monoisotopic (exact) mass is 270 g/mol. The number of nitrogens with zero attached hydrogens (tertiary/aromatic N) is 1. The molecule has 0 unspecified atom stereocenters. The van der Waals surface area contributed by atoms with E-state index in [1.807, 2.05) is 13.1 Å². The summed E-state index contributed by atoms with van der Waals surface area (Å²) < 4.78 is 5.43. The Morgan fingerprint density at radius 2 is 1.75 bits per heavy atom. The molecule has 1 heterocycles. The van der Waals surface area contributed by atoms with E-state index in [1.165, 1.54) is 11.1 Å². The molecule has 0 saturated heterocycles. The molecule has 0 aliphatic heterocycles. The first-order chi connectivity index (χ1) is 9.61. The summed E-state index contributed by atoms with van der Waals surface area (Å²) in [7, 11) is 1.71. The van der Waals surface area contributed by atoms with Crippen molar-refractivity contribution in [1.82, 2.24) is 10.3 Å².